The van der Waals surface area contributed by atoms with Gasteiger partial charge in [0.1, 0.15) is 5.71 Å². The van der Waals surface area contributed by atoms with Crippen molar-refractivity contribution in [2.45, 2.75) is 31.9 Å². The number of anilines is 1. The van der Waals surface area contributed by atoms with Gasteiger partial charge in [0.2, 0.25) is 0 Å². The van der Waals surface area contributed by atoms with Gasteiger partial charge in [0.25, 0.3) is 0 Å². The van der Waals surface area contributed by atoms with E-state index in [9.17, 15) is 18.0 Å². The van der Waals surface area contributed by atoms with Crippen LogP contribution in [-0.2, 0) is 11.0 Å². The molecule has 1 aromatic rings. The Kier molecular flexibility index (Phi) is 4.47. The summed E-state index contributed by atoms with van der Waals surface area (Å²) in [4.78, 5) is 11.6. The first-order valence-corrected chi connectivity index (χ1v) is 6.90. The van der Waals surface area contributed by atoms with E-state index in [-0.39, 0.29) is 11.5 Å². The minimum Gasteiger partial charge on any atom is -0.293 e. The van der Waals surface area contributed by atoms with Gasteiger partial charge < -0.3 is 0 Å². The Morgan fingerprint density at radius 1 is 1.20 bits per heavy atom. The van der Waals surface area contributed by atoms with Crippen LogP contribution in [0.15, 0.2) is 27.8 Å². The molecule has 1 aliphatic rings. The molecular formula is C13H12BrF3N2O. The molecule has 0 unspecified atom stereocenters. The molecule has 108 valence electrons. The van der Waals surface area contributed by atoms with Crippen LogP contribution in [0.3, 0.4) is 0 Å². The predicted octanol–water partition coefficient (Wildman–Crippen LogP) is 4.38. The minimum absolute atomic E-state index is 0.102. The fraction of sp³-hybridized carbons (Fsp3) is 0.385. The predicted molar refractivity (Wildman–Crippen MR) is 73.7 cm³/mol. The zero-order chi connectivity index (χ0) is 14.8. The standard InChI is InChI=1S/C13H12BrF3N2O/c14-8-5-6-10(9(7-8)13(15,16)17)18-19-11-3-1-2-4-12(11)20/h5-7,18H,1-4H2/b19-11+. The lowest BCUT2D eigenvalue weighted by molar-refractivity contribution is -0.137. The summed E-state index contributed by atoms with van der Waals surface area (Å²) in [6, 6.07) is 3.75. The number of carbonyl (C=O) groups excluding carboxylic acids is 1. The van der Waals surface area contributed by atoms with Crippen molar-refractivity contribution in [1.29, 1.82) is 0 Å². The molecule has 0 saturated heterocycles. The number of carbonyl (C=O) groups is 1. The van der Waals surface area contributed by atoms with Gasteiger partial charge >= 0.3 is 6.18 Å². The highest BCUT2D eigenvalue weighted by molar-refractivity contribution is 9.10. The molecule has 0 aromatic heterocycles. The van der Waals surface area contributed by atoms with Gasteiger partial charge in [-0.3, -0.25) is 10.2 Å². The summed E-state index contributed by atoms with van der Waals surface area (Å²) in [5, 5.41) is 3.84. The van der Waals surface area contributed by atoms with E-state index in [1.165, 1.54) is 12.1 Å². The Labute approximate surface area is 122 Å². The van der Waals surface area contributed by atoms with Crippen LogP contribution in [0.4, 0.5) is 18.9 Å². The molecule has 2 rings (SSSR count). The highest BCUT2D eigenvalue weighted by atomic mass is 79.9. The number of nitrogens with zero attached hydrogens (tertiary/aromatic N) is 1. The van der Waals surface area contributed by atoms with Gasteiger partial charge in [0.05, 0.1) is 11.3 Å². The Morgan fingerprint density at radius 2 is 1.90 bits per heavy atom. The quantitative estimate of drug-likeness (QED) is 0.805. The van der Waals surface area contributed by atoms with E-state index in [4.69, 9.17) is 0 Å². The van der Waals surface area contributed by atoms with Gasteiger partial charge in [-0.15, -0.1) is 0 Å². The monoisotopic (exact) mass is 348 g/mol. The van der Waals surface area contributed by atoms with E-state index in [1.54, 1.807) is 0 Å². The minimum atomic E-state index is -4.48. The Hall–Kier alpha value is -1.37. The molecule has 0 amide bonds. The number of hydrogen-bond acceptors (Lipinski definition) is 3. The van der Waals surface area contributed by atoms with Crippen LogP contribution in [0.25, 0.3) is 0 Å². The number of halogens is 4. The van der Waals surface area contributed by atoms with Gasteiger partial charge in [-0.25, -0.2) is 0 Å². The lowest BCUT2D eigenvalue weighted by Gasteiger charge is -2.15. The number of alkyl halides is 3. The highest BCUT2D eigenvalue weighted by Crippen LogP contribution is 2.36. The van der Waals surface area contributed by atoms with E-state index in [2.05, 4.69) is 26.5 Å². The van der Waals surface area contributed by atoms with Crippen molar-refractivity contribution in [3.63, 3.8) is 0 Å². The molecule has 0 atom stereocenters. The summed E-state index contributed by atoms with van der Waals surface area (Å²) < 4.78 is 39.0. The molecule has 0 bridgehead atoms. The number of ketones is 1. The number of Topliss-reactive ketones (excluding diaryl/α,β-unsaturated/α-hetero) is 1. The summed E-state index contributed by atoms with van der Waals surface area (Å²) in [7, 11) is 0. The summed E-state index contributed by atoms with van der Waals surface area (Å²) >= 11 is 3.01. The second-order valence-corrected chi connectivity index (χ2v) is 5.40. The Bertz CT molecular complexity index is 555. The van der Waals surface area contributed by atoms with Crippen LogP contribution in [0.2, 0.25) is 0 Å². The van der Waals surface area contributed by atoms with Crippen LogP contribution in [0.5, 0.6) is 0 Å². The lowest BCUT2D eigenvalue weighted by Crippen LogP contribution is -2.20. The van der Waals surface area contributed by atoms with Crippen molar-refractivity contribution in [2.24, 2.45) is 5.10 Å². The van der Waals surface area contributed by atoms with Crippen LogP contribution in [-0.4, -0.2) is 11.5 Å². The molecule has 3 nitrogen and oxygen atoms in total. The summed E-state index contributed by atoms with van der Waals surface area (Å²) in [5.41, 5.74) is 1.71. The highest BCUT2D eigenvalue weighted by Gasteiger charge is 2.33. The fourth-order valence-corrected chi connectivity index (χ4v) is 2.32. The number of hydrogen-bond donors (Lipinski definition) is 1. The van der Waals surface area contributed by atoms with Crippen LogP contribution >= 0.6 is 15.9 Å². The second kappa shape index (κ2) is 5.95. The summed E-state index contributed by atoms with van der Waals surface area (Å²) in [6.45, 7) is 0. The maximum Gasteiger partial charge on any atom is 0.418 e. The normalized spacial score (nSPS) is 18.4. The molecule has 20 heavy (non-hydrogen) atoms. The maximum absolute atomic E-state index is 12.9. The van der Waals surface area contributed by atoms with E-state index >= 15 is 0 Å². The molecule has 1 N–H and O–H groups in total. The first-order chi connectivity index (χ1) is 9.38. The van der Waals surface area contributed by atoms with E-state index in [1.807, 2.05) is 0 Å². The Morgan fingerprint density at radius 3 is 2.55 bits per heavy atom. The molecule has 1 aromatic carbocycles. The summed E-state index contributed by atoms with van der Waals surface area (Å²) in [5.74, 6) is -0.102. The van der Waals surface area contributed by atoms with Gasteiger partial charge in [0.15, 0.2) is 5.78 Å². The van der Waals surface area contributed by atoms with E-state index < -0.39 is 11.7 Å². The van der Waals surface area contributed by atoms with Crippen molar-refractivity contribution in [3.8, 4) is 0 Å². The molecule has 1 fully saturated rings. The Balaban J connectivity index is 2.25. The molecule has 1 saturated carbocycles. The zero-order valence-corrected chi connectivity index (χ0v) is 12.0. The number of nitrogens with one attached hydrogen (secondary N) is 1. The molecule has 0 radical (unpaired) electrons. The van der Waals surface area contributed by atoms with E-state index in [0.29, 0.717) is 23.0 Å². The van der Waals surface area contributed by atoms with Crippen molar-refractivity contribution in [2.75, 3.05) is 5.43 Å². The third kappa shape index (κ3) is 3.59. The second-order valence-electron chi connectivity index (χ2n) is 4.49. The SMILES string of the molecule is O=C1CCCC/C1=N\Nc1ccc(Br)cc1C(F)(F)F. The van der Waals surface area contributed by atoms with Gasteiger partial charge in [0, 0.05) is 10.9 Å². The average Bonchev–Trinajstić information content (AvgIpc) is 2.38. The molecule has 7 heteroatoms. The average molecular weight is 349 g/mol. The lowest BCUT2D eigenvalue weighted by atomic mass is 9.97. The molecule has 1 aliphatic carbocycles. The molecule has 0 aliphatic heterocycles. The zero-order valence-electron chi connectivity index (χ0n) is 10.4. The number of hydrazone groups is 1. The van der Waals surface area contributed by atoms with Crippen LogP contribution in [0, 0.1) is 0 Å². The smallest absolute Gasteiger partial charge is 0.293 e. The van der Waals surface area contributed by atoms with Crippen molar-refractivity contribution in [1.82, 2.24) is 0 Å². The molecule has 0 heterocycles. The van der Waals surface area contributed by atoms with Crippen molar-refractivity contribution < 1.29 is 18.0 Å². The van der Waals surface area contributed by atoms with Gasteiger partial charge in [-0.2, -0.15) is 18.3 Å². The number of rotatable bonds is 2. The fourth-order valence-electron chi connectivity index (χ4n) is 1.96. The first-order valence-electron chi connectivity index (χ1n) is 6.10. The largest absolute Gasteiger partial charge is 0.418 e. The van der Waals surface area contributed by atoms with Gasteiger partial charge in [-0.1, -0.05) is 15.9 Å². The number of benzene rings is 1. The van der Waals surface area contributed by atoms with Crippen LogP contribution < -0.4 is 5.43 Å². The summed E-state index contributed by atoms with van der Waals surface area (Å²) in [6.07, 6.45) is -1.93. The third-order valence-electron chi connectivity index (χ3n) is 2.99. The molecule has 0 spiro atoms. The van der Waals surface area contributed by atoms with Crippen molar-refractivity contribution >= 4 is 33.1 Å². The maximum atomic E-state index is 12.9. The topological polar surface area (TPSA) is 41.5 Å². The van der Waals surface area contributed by atoms with Crippen molar-refractivity contribution in [3.05, 3.63) is 28.2 Å². The third-order valence-corrected chi connectivity index (χ3v) is 3.48. The first kappa shape index (κ1) is 15.0. The van der Waals surface area contributed by atoms with Gasteiger partial charge in [-0.05, 0) is 37.5 Å². The van der Waals surface area contributed by atoms with E-state index in [0.717, 1.165) is 18.9 Å². The molecular weight excluding hydrogens is 337 g/mol. The van der Waals surface area contributed by atoms with Crippen LogP contribution in [0.1, 0.15) is 31.2 Å².